The molecule has 1 aliphatic heterocycles. The number of rotatable bonds is 1. The summed E-state index contributed by atoms with van der Waals surface area (Å²) in [4.78, 5) is 37.6. The Morgan fingerprint density at radius 1 is 1.24 bits per heavy atom. The molecule has 0 spiro atoms. The van der Waals surface area contributed by atoms with Gasteiger partial charge in [0.25, 0.3) is 0 Å². The van der Waals surface area contributed by atoms with Crippen LogP contribution in [-0.4, -0.2) is 29.1 Å². The number of hydrogen-bond donors (Lipinski definition) is 0. The molecule has 4 heteroatoms. The quantitative estimate of drug-likeness (QED) is 0.687. The normalized spacial score (nSPS) is 53.3. The molecule has 3 saturated carbocycles. The molecular formula is C21H26O4. The highest BCUT2D eigenvalue weighted by atomic mass is 16.6. The molecule has 0 bridgehead atoms. The molecular weight excluding hydrogens is 316 g/mol. The van der Waals surface area contributed by atoms with Crippen LogP contribution < -0.4 is 0 Å². The van der Waals surface area contributed by atoms with Gasteiger partial charge in [0.1, 0.15) is 5.78 Å². The largest absolute Gasteiger partial charge is 0.357 e. The van der Waals surface area contributed by atoms with Gasteiger partial charge in [-0.1, -0.05) is 19.4 Å². The Morgan fingerprint density at radius 2 is 2.00 bits per heavy atom. The lowest BCUT2D eigenvalue weighted by Gasteiger charge is -2.57. The Balaban J connectivity index is 1.57. The van der Waals surface area contributed by atoms with Crippen molar-refractivity contribution in [2.24, 2.45) is 28.6 Å². The van der Waals surface area contributed by atoms with Crippen molar-refractivity contribution in [2.75, 3.05) is 0 Å². The van der Waals surface area contributed by atoms with Gasteiger partial charge in [-0.15, -0.1) is 0 Å². The van der Waals surface area contributed by atoms with Gasteiger partial charge in [-0.2, -0.15) is 0 Å². The highest BCUT2D eigenvalue weighted by Crippen LogP contribution is 2.72. The predicted molar refractivity (Wildman–Crippen MR) is 90.8 cm³/mol. The zero-order valence-corrected chi connectivity index (χ0v) is 15.3. The van der Waals surface area contributed by atoms with Crippen LogP contribution in [0.3, 0.4) is 0 Å². The Hall–Kier alpha value is -1.29. The fourth-order valence-electron chi connectivity index (χ4n) is 7.44. The van der Waals surface area contributed by atoms with Crippen molar-refractivity contribution < 1.29 is 19.1 Å². The van der Waals surface area contributed by atoms with Crippen LogP contribution in [0.25, 0.3) is 0 Å². The van der Waals surface area contributed by atoms with E-state index in [-0.39, 0.29) is 34.4 Å². The average molecular weight is 342 g/mol. The third-order valence-corrected chi connectivity index (χ3v) is 8.61. The second-order valence-electron chi connectivity index (χ2n) is 9.53. The molecule has 7 atom stereocenters. The maximum atomic E-state index is 13.4. The lowest BCUT2D eigenvalue weighted by Crippen LogP contribution is -2.58. The standard InChI is InChI=1S/C21H26O4/c1-11(22)21-17(25-21)9-15-14-5-4-12-8-13(23)6-7-19(12,2)18(14)16(24)10-20(15,21)3/h8,14-15,17-18H,4-7,9-10H2,1-3H3/t14-,15-,17+,18+,19-,20-,21+/m0/s1. The van der Waals surface area contributed by atoms with Gasteiger partial charge >= 0.3 is 0 Å². The topological polar surface area (TPSA) is 63.7 Å². The van der Waals surface area contributed by atoms with Crippen LogP contribution >= 0.6 is 0 Å². The van der Waals surface area contributed by atoms with Crippen molar-refractivity contribution in [3.8, 4) is 0 Å². The molecule has 5 rings (SSSR count). The Kier molecular flexibility index (Phi) is 2.87. The van der Waals surface area contributed by atoms with Gasteiger partial charge in [0.15, 0.2) is 17.2 Å². The molecule has 0 aromatic carbocycles. The Morgan fingerprint density at radius 3 is 2.72 bits per heavy atom. The van der Waals surface area contributed by atoms with Crippen molar-refractivity contribution in [2.45, 2.75) is 71.0 Å². The first-order valence-electron chi connectivity index (χ1n) is 9.69. The van der Waals surface area contributed by atoms with Crippen LogP contribution in [0, 0.1) is 28.6 Å². The molecule has 0 N–H and O–H groups in total. The number of hydrogen-bond acceptors (Lipinski definition) is 4. The van der Waals surface area contributed by atoms with Crippen molar-refractivity contribution in [1.82, 2.24) is 0 Å². The average Bonchev–Trinajstić information content (AvgIpc) is 3.22. The zero-order valence-electron chi connectivity index (χ0n) is 15.3. The summed E-state index contributed by atoms with van der Waals surface area (Å²) in [7, 11) is 0. The van der Waals surface area contributed by atoms with E-state index in [2.05, 4.69) is 13.8 Å². The first-order chi connectivity index (χ1) is 11.7. The van der Waals surface area contributed by atoms with Gasteiger partial charge in [-0.05, 0) is 55.9 Å². The van der Waals surface area contributed by atoms with E-state index in [0.717, 1.165) is 25.7 Å². The zero-order chi connectivity index (χ0) is 17.8. The molecule has 0 unspecified atom stereocenters. The second-order valence-corrected chi connectivity index (χ2v) is 9.53. The van der Waals surface area contributed by atoms with E-state index in [4.69, 9.17) is 4.74 Å². The van der Waals surface area contributed by atoms with Crippen molar-refractivity contribution in [3.63, 3.8) is 0 Å². The number of allylic oxidation sites excluding steroid dienone is 1. The summed E-state index contributed by atoms with van der Waals surface area (Å²) in [6, 6.07) is 0. The van der Waals surface area contributed by atoms with Gasteiger partial charge in [0, 0.05) is 24.2 Å². The monoisotopic (exact) mass is 342 g/mol. The lowest BCUT2D eigenvalue weighted by molar-refractivity contribution is -0.154. The number of carbonyl (C=O) groups excluding carboxylic acids is 3. The maximum Gasteiger partial charge on any atom is 0.164 e. The summed E-state index contributed by atoms with van der Waals surface area (Å²) >= 11 is 0. The molecule has 4 fully saturated rings. The van der Waals surface area contributed by atoms with Crippen molar-refractivity contribution in [3.05, 3.63) is 11.6 Å². The van der Waals surface area contributed by atoms with Crippen LogP contribution in [0.1, 0.15) is 59.3 Å². The molecule has 0 radical (unpaired) electrons. The summed E-state index contributed by atoms with van der Waals surface area (Å²) in [5, 5.41) is 0. The fourth-order valence-corrected chi connectivity index (χ4v) is 7.44. The molecule has 1 saturated heterocycles. The van der Waals surface area contributed by atoms with Crippen LogP contribution in [0.4, 0.5) is 0 Å². The summed E-state index contributed by atoms with van der Waals surface area (Å²) < 4.78 is 5.89. The van der Waals surface area contributed by atoms with Crippen LogP contribution in [0.5, 0.6) is 0 Å². The lowest BCUT2D eigenvalue weighted by atomic mass is 9.46. The first kappa shape index (κ1) is 15.9. The highest BCUT2D eigenvalue weighted by Gasteiger charge is 2.80. The summed E-state index contributed by atoms with van der Waals surface area (Å²) in [6.45, 7) is 5.95. The van der Waals surface area contributed by atoms with Crippen molar-refractivity contribution >= 4 is 17.3 Å². The minimum atomic E-state index is -0.697. The fraction of sp³-hybridized carbons (Fsp3) is 0.762. The second kappa shape index (κ2) is 4.51. The molecule has 134 valence electrons. The minimum Gasteiger partial charge on any atom is -0.357 e. The summed E-state index contributed by atoms with van der Waals surface area (Å²) in [6.07, 6.45) is 6.45. The van der Waals surface area contributed by atoms with Crippen LogP contribution in [0.2, 0.25) is 0 Å². The minimum absolute atomic E-state index is 0.0141. The molecule has 0 amide bonds. The number of Topliss-reactive ketones (excluding diaryl/α,β-unsaturated/α-hetero) is 2. The number of ether oxygens (including phenoxy) is 1. The molecule has 0 aromatic heterocycles. The molecule has 5 aliphatic rings. The van der Waals surface area contributed by atoms with Crippen LogP contribution in [-0.2, 0) is 19.1 Å². The van der Waals surface area contributed by atoms with E-state index in [1.165, 1.54) is 5.57 Å². The first-order valence-corrected chi connectivity index (χ1v) is 9.69. The molecule has 4 nitrogen and oxygen atoms in total. The molecule has 25 heavy (non-hydrogen) atoms. The van der Waals surface area contributed by atoms with Gasteiger partial charge in [-0.3, -0.25) is 14.4 Å². The maximum absolute atomic E-state index is 13.4. The number of ketones is 3. The van der Waals surface area contributed by atoms with Gasteiger partial charge in [-0.25, -0.2) is 0 Å². The number of carbonyl (C=O) groups is 3. The van der Waals surface area contributed by atoms with E-state index < -0.39 is 5.60 Å². The molecule has 4 aliphatic carbocycles. The van der Waals surface area contributed by atoms with E-state index in [0.29, 0.717) is 30.5 Å². The van der Waals surface area contributed by atoms with E-state index in [1.807, 2.05) is 6.08 Å². The van der Waals surface area contributed by atoms with Gasteiger partial charge in [0.2, 0.25) is 0 Å². The smallest absolute Gasteiger partial charge is 0.164 e. The number of fused-ring (bicyclic) bond motifs is 7. The van der Waals surface area contributed by atoms with Crippen molar-refractivity contribution in [1.29, 1.82) is 0 Å². The summed E-state index contributed by atoms with van der Waals surface area (Å²) in [5.41, 5.74) is -0.00358. The van der Waals surface area contributed by atoms with Gasteiger partial charge < -0.3 is 4.74 Å². The third-order valence-electron chi connectivity index (χ3n) is 8.61. The highest BCUT2D eigenvalue weighted by molar-refractivity contribution is 5.95. The Bertz CT molecular complexity index is 751. The molecule has 0 aromatic rings. The SMILES string of the molecule is CC(=O)[C@@]12O[C@@H]1C[C@H]1[C@@H]3CCC4=CC(=O)CC[C@]4(C)[C@H]3C(=O)C[C@@]12C. The predicted octanol–water partition coefficient (Wildman–Crippen LogP) is 3.03. The van der Waals surface area contributed by atoms with Crippen LogP contribution in [0.15, 0.2) is 11.6 Å². The third kappa shape index (κ3) is 1.66. The van der Waals surface area contributed by atoms with E-state index in [9.17, 15) is 14.4 Å². The van der Waals surface area contributed by atoms with E-state index >= 15 is 0 Å². The molecule has 1 heterocycles. The Labute approximate surface area is 148 Å². The van der Waals surface area contributed by atoms with Gasteiger partial charge in [0.05, 0.1) is 6.10 Å². The summed E-state index contributed by atoms with van der Waals surface area (Å²) in [5.74, 6) is 1.33. The number of epoxide rings is 1. The van der Waals surface area contributed by atoms with E-state index in [1.54, 1.807) is 6.92 Å².